The number of aryl methyl sites for hydroxylation is 2. The van der Waals surface area contributed by atoms with Crippen LogP contribution in [0.2, 0.25) is 0 Å². The number of halogens is 1. The first kappa shape index (κ1) is 26.2. The second-order valence-corrected chi connectivity index (χ2v) is 9.69. The standard InChI is InChI=1S/C26H31FN10O2/c1-16-12-23(33-25(30-16)32-21-11-17(2)34-35-21)36-9-7-26(39-4,8-10-36)24(38)31-18(3)19-5-6-22(28-13-19)37-15-20(27)14-29-37/h5-6,11-15,18H,7-10H2,1-4H3,(H,31,38)(H2,30,32,33,34,35)/t18-/m0/s1. The molecule has 4 aromatic rings. The van der Waals surface area contributed by atoms with Crippen molar-refractivity contribution in [3.63, 3.8) is 0 Å². The molecule has 1 saturated heterocycles. The molecule has 1 fully saturated rings. The molecule has 0 spiro atoms. The molecule has 0 saturated carbocycles. The van der Waals surface area contributed by atoms with Gasteiger partial charge in [0.05, 0.1) is 18.4 Å². The normalized spacial score (nSPS) is 15.7. The summed E-state index contributed by atoms with van der Waals surface area (Å²) in [6, 6.07) is 7.07. The van der Waals surface area contributed by atoms with Crippen LogP contribution in [0.15, 0.2) is 42.9 Å². The average molecular weight is 535 g/mol. The monoisotopic (exact) mass is 534 g/mol. The van der Waals surface area contributed by atoms with Crippen LogP contribution in [0.4, 0.5) is 22.0 Å². The summed E-state index contributed by atoms with van der Waals surface area (Å²) in [5, 5.41) is 17.2. The van der Waals surface area contributed by atoms with Gasteiger partial charge in [-0.05, 0) is 32.4 Å². The van der Waals surface area contributed by atoms with Gasteiger partial charge in [0.15, 0.2) is 17.5 Å². The van der Waals surface area contributed by atoms with Gasteiger partial charge in [-0.15, -0.1) is 0 Å². The van der Waals surface area contributed by atoms with Gasteiger partial charge in [-0.2, -0.15) is 15.2 Å². The van der Waals surface area contributed by atoms with Crippen LogP contribution in [0.3, 0.4) is 0 Å². The molecule has 0 unspecified atom stereocenters. The largest absolute Gasteiger partial charge is 0.368 e. The third-order valence-electron chi connectivity index (χ3n) is 6.89. The Hall–Kier alpha value is -4.39. The highest BCUT2D eigenvalue weighted by Crippen LogP contribution is 2.30. The first-order valence-corrected chi connectivity index (χ1v) is 12.7. The Morgan fingerprint density at radius 1 is 1.15 bits per heavy atom. The number of aromatic amines is 1. The Morgan fingerprint density at radius 2 is 1.95 bits per heavy atom. The molecule has 39 heavy (non-hydrogen) atoms. The van der Waals surface area contributed by atoms with Crippen LogP contribution in [-0.4, -0.2) is 66.6 Å². The molecule has 3 N–H and O–H groups in total. The van der Waals surface area contributed by atoms with Gasteiger partial charge in [0.25, 0.3) is 5.91 Å². The third-order valence-corrected chi connectivity index (χ3v) is 6.89. The number of nitrogens with one attached hydrogen (secondary N) is 3. The minimum atomic E-state index is -0.958. The number of H-pyrrole nitrogens is 1. The fourth-order valence-electron chi connectivity index (χ4n) is 4.61. The van der Waals surface area contributed by atoms with Crippen LogP contribution in [0.25, 0.3) is 5.82 Å². The lowest BCUT2D eigenvalue weighted by atomic mass is 9.89. The lowest BCUT2D eigenvalue weighted by molar-refractivity contribution is -0.146. The molecule has 1 amide bonds. The number of piperidine rings is 1. The summed E-state index contributed by atoms with van der Waals surface area (Å²) >= 11 is 0. The van der Waals surface area contributed by atoms with Gasteiger partial charge >= 0.3 is 0 Å². The van der Waals surface area contributed by atoms with Crippen LogP contribution in [-0.2, 0) is 9.53 Å². The Bertz CT molecular complexity index is 1440. The van der Waals surface area contributed by atoms with Gasteiger partial charge in [0, 0.05) is 62.8 Å². The predicted molar refractivity (Wildman–Crippen MR) is 142 cm³/mol. The van der Waals surface area contributed by atoms with Crippen molar-refractivity contribution in [2.75, 3.05) is 30.4 Å². The predicted octanol–water partition coefficient (Wildman–Crippen LogP) is 3.14. The van der Waals surface area contributed by atoms with E-state index in [9.17, 15) is 9.18 Å². The summed E-state index contributed by atoms with van der Waals surface area (Å²) in [5.41, 5.74) is 1.61. The van der Waals surface area contributed by atoms with Crippen LogP contribution in [0, 0.1) is 19.7 Å². The molecule has 13 heteroatoms. The van der Waals surface area contributed by atoms with Gasteiger partial charge in [0.2, 0.25) is 5.95 Å². The molecule has 0 aliphatic carbocycles. The molecular weight excluding hydrogens is 503 g/mol. The van der Waals surface area contributed by atoms with Crippen molar-refractivity contribution < 1.29 is 13.9 Å². The van der Waals surface area contributed by atoms with Crippen molar-refractivity contribution in [3.05, 3.63) is 65.6 Å². The maximum Gasteiger partial charge on any atom is 0.252 e. The average Bonchev–Trinajstić information content (AvgIpc) is 3.55. The summed E-state index contributed by atoms with van der Waals surface area (Å²) in [7, 11) is 1.57. The van der Waals surface area contributed by atoms with Crippen LogP contribution >= 0.6 is 0 Å². The smallest absolute Gasteiger partial charge is 0.252 e. The summed E-state index contributed by atoms with van der Waals surface area (Å²) in [6.45, 7) is 6.90. The van der Waals surface area contributed by atoms with E-state index in [1.165, 1.54) is 10.9 Å². The lowest BCUT2D eigenvalue weighted by Crippen LogP contribution is -2.55. The Balaban J connectivity index is 1.22. The fraction of sp³-hybridized carbons (Fsp3) is 0.385. The summed E-state index contributed by atoms with van der Waals surface area (Å²) in [4.78, 5) is 29.0. The zero-order valence-electron chi connectivity index (χ0n) is 22.3. The van der Waals surface area contributed by atoms with E-state index >= 15 is 0 Å². The first-order valence-electron chi connectivity index (χ1n) is 12.7. The van der Waals surface area contributed by atoms with Crippen molar-refractivity contribution in [3.8, 4) is 5.82 Å². The lowest BCUT2D eigenvalue weighted by Gasteiger charge is -2.40. The number of amides is 1. The second kappa shape index (κ2) is 10.8. The van der Waals surface area contributed by atoms with Crippen LogP contribution < -0.4 is 15.5 Å². The minimum absolute atomic E-state index is 0.175. The van der Waals surface area contributed by atoms with E-state index in [4.69, 9.17) is 4.74 Å². The van der Waals surface area contributed by atoms with Crippen molar-refractivity contribution in [2.24, 2.45) is 0 Å². The second-order valence-electron chi connectivity index (χ2n) is 9.69. The molecule has 1 aliphatic heterocycles. The highest BCUT2D eigenvalue weighted by molar-refractivity contribution is 5.86. The molecule has 12 nitrogen and oxygen atoms in total. The summed E-state index contributed by atoms with van der Waals surface area (Å²) in [5.74, 6) is 1.76. The number of anilines is 3. The molecule has 204 valence electrons. The zero-order chi connectivity index (χ0) is 27.6. The van der Waals surface area contributed by atoms with Crippen molar-refractivity contribution >= 4 is 23.5 Å². The quantitative estimate of drug-likeness (QED) is 0.311. The molecule has 5 heterocycles. The molecule has 1 aliphatic rings. The van der Waals surface area contributed by atoms with Gasteiger partial charge in [-0.25, -0.2) is 19.0 Å². The molecule has 0 bridgehead atoms. The van der Waals surface area contributed by atoms with Gasteiger partial charge in [-0.1, -0.05) is 6.07 Å². The number of carbonyl (C=O) groups excluding carboxylic acids is 1. The van der Waals surface area contributed by atoms with Crippen molar-refractivity contribution in [1.82, 2.24) is 40.2 Å². The molecule has 0 aromatic carbocycles. The summed E-state index contributed by atoms with van der Waals surface area (Å²) in [6.07, 6.45) is 5.01. The number of aromatic nitrogens is 7. The van der Waals surface area contributed by atoms with E-state index < -0.39 is 11.4 Å². The molecule has 5 rings (SSSR count). The number of methoxy groups -OCH3 is 1. The summed E-state index contributed by atoms with van der Waals surface area (Å²) < 4.78 is 20.4. The zero-order valence-corrected chi connectivity index (χ0v) is 22.3. The maximum atomic E-state index is 13.4. The van der Waals surface area contributed by atoms with E-state index in [-0.39, 0.29) is 11.9 Å². The number of nitrogens with zero attached hydrogens (tertiary/aromatic N) is 7. The van der Waals surface area contributed by atoms with E-state index in [2.05, 4.69) is 45.8 Å². The SMILES string of the molecule is COC1(C(=O)N[C@@H](C)c2ccc(-n3cc(F)cn3)nc2)CCN(c2cc(C)nc(Nc3cc(C)[nH]n3)n2)CC1. The first-order chi connectivity index (χ1) is 18.7. The van der Waals surface area contributed by atoms with E-state index in [0.717, 1.165) is 29.0 Å². The highest BCUT2D eigenvalue weighted by atomic mass is 19.1. The van der Waals surface area contributed by atoms with Crippen molar-refractivity contribution in [1.29, 1.82) is 0 Å². The number of hydrogen-bond donors (Lipinski definition) is 3. The highest BCUT2D eigenvalue weighted by Gasteiger charge is 2.42. The number of carbonyl (C=O) groups is 1. The maximum absolute atomic E-state index is 13.4. The van der Waals surface area contributed by atoms with E-state index in [1.54, 1.807) is 19.4 Å². The van der Waals surface area contributed by atoms with Crippen molar-refractivity contribution in [2.45, 2.75) is 45.3 Å². The van der Waals surface area contributed by atoms with Gasteiger partial charge in [-0.3, -0.25) is 9.89 Å². The third kappa shape index (κ3) is 5.72. The molecule has 0 radical (unpaired) electrons. The number of ether oxygens (including phenoxy) is 1. The van der Waals surface area contributed by atoms with Crippen LogP contribution in [0.1, 0.15) is 42.8 Å². The fourth-order valence-corrected chi connectivity index (χ4v) is 4.61. The van der Waals surface area contributed by atoms with E-state index in [1.807, 2.05) is 39.0 Å². The molecule has 1 atom stereocenters. The number of hydrogen-bond acceptors (Lipinski definition) is 9. The van der Waals surface area contributed by atoms with Crippen LogP contribution in [0.5, 0.6) is 0 Å². The van der Waals surface area contributed by atoms with Gasteiger partial charge in [0.1, 0.15) is 11.4 Å². The Morgan fingerprint density at radius 3 is 2.56 bits per heavy atom. The minimum Gasteiger partial charge on any atom is -0.368 e. The number of rotatable bonds is 8. The topological polar surface area (TPSA) is 139 Å². The molecular formula is C26H31FN10O2. The molecule has 4 aromatic heterocycles. The van der Waals surface area contributed by atoms with E-state index in [0.29, 0.717) is 43.5 Å². The van der Waals surface area contributed by atoms with Gasteiger partial charge < -0.3 is 20.3 Å². The number of pyridine rings is 1. The Kier molecular flexibility index (Phi) is 7.24. The Labute approximate surface area is 225 Å².